The molecule has 1 atom stereocenters. The Balaban J connectivity index is 1.81. The van der Waals surface area contributed by atoms with Crippen molar-refractivity contribution in [3.8, 4) is 17.2 Å². The van der Waals surface area contributed by atoms with Crippen LogP contribution in [0.3, 0.4) is 0 Å². The van der Waals surface area contributed by atoms with Gasteiger partial charge in [-0.2, -0.15) is 0 Å². The smallest absolute Gasteiger partial charge is 0.489 e. The third-order valence-corrected chi connectivity index (χ3v) is 8.61. The van der Waals surface area contributed by atoms with E-state index in [2.05, 4.69) is 6.92 Å². The summed E-state index contributed by atoms with van der Waals surface area (Å²) in [5, 5.41) is 0. The van der Waals surface area contributed by atoms with E-state index in [4.69, 9.17) is 14.0 Å². The van der Waals surface area contributed by atoms with Crippen LogP contribution in [0.15, 0.2) is 30.3 Å². The molecule has 0 aliphatic carbocycles. The van der Waals surface area contributed by atoms with Crippen LogP contribution in [0.4, 0.5) is 39.5 Å². The van der Waals surface area contributed by atoms with Crippen LogP contribution in [0.25, 0.3) is 0 Å². The fraction of sp³-hybridized carbons (Fsp3) is 0.514. The Bertz CT molecular complexity index is 1470. The Morgan fingerprint density at radius 1 is 0.490 bits per heavy atom. The molecule has 0 bridgehead atoms. The van der Waals surface area contributed by atoms with Gasteiger partial charge in [-0.15, -0.1) is 0 Å². The summed E-state index contributed by atoms with van der Waals surface area (Å²) in [5.41, 5.74) is -0.425. The lowest BCUT2D eigenvalue weighted by Crippen LogP contribution is -2.41. The van der Waals surface area contributed by atoms with Crippen molar-refractivity contribution >= 4 is 7.32 Å². The molecule has 0 radical (unpaired) electrons. The van der Waals surface area contributed by atoms with Gasteiger partial charge in [0.05, 0.1) is 26.7 Å². The summed E-state index contributed by atoms with van der Waals surface area (Å²) in [6.45, 7) is 2.19. The SMILES string of the molecule is CCCCCCCCCCCCCCCC(c1c(OB(Oc2cc(F)c(F)c(F)c2)Oc2cc(F)c(F)c(F)c2)cc(F)c(F)c1F)[N+](C)(C)C. The molecule has 0 aliphatic heterocycles. The number of hydrogen-bond donors (Lipinski definition) is 0. The van der Waals surface area contributed by atoms with E-state index >= 15 is 4.39 Å². The first-order valence-electron chi connectivity index (χ1n) is 17.4. The quantitative estimate of drug-likeness (QED) is 0.0338. The minimum absolute atomic E-state index is 0.0196. The highest BCUT2D eigenvalue weighted by atomic mass is 19.2. The molecule has 0 amide bonds. The van der Waals surface area contributed by atoms with Gasteiger partial charge in [0, 0.05) is 36.8 Å². The Morgan fingerprint density at radius 2 is 0.863 bits per heavy atom. The first kappa shape index (κ1) is 41.9. The van der Waals surface area contributed by atoms with Crippen molar-refractivity contribution < 1.29 is 58.0 Å². The van der Waals surface area contributed by atoms with Gasteiger partial charge < -0.3 is 18.4 Å². The fourth-order valence-electron chi connectivity index (χ4n) is 5.87. The molecule has 0 spiro atoms. The summed E-state index contributed by atoms with van der Waals surface area (Å²) in [7, 11) is 2.79. The summed E-state index contributed by atoms with van der Waals surface area (Å²) in [6, 6.07) is 1.23. The summed E-state index contributed by atoms with van der Waals surface area (Å²) in [5.74, 6) is -17.7. The van der Waals surface area contributed by atoms with E-state index in [-0.39, 0.29) is 4.48 Å². The normalized spacial score (nSPS) is 12.3. The number of halogens is 9. The maximum Gasteiger partial charge on any atom is 0.864 e. The van der Waals surface area contributed by atoms with E-state index in [1.807, 2.05) is 0 Å². The monoisotopic (exact) mass is 734 g/mol. The fourth-order valence-corrected chi connectivity index (χ4v) is 5.87. The highest BCUT2D eigenvalue weighted by Crippen LogP contribution is 2.40. The number of unbranched alkanes of at least 4 members (excludes halogenated alkanes) is 12. The standard InChI is InChI=1S/C37H46BF9NO3/c1-5-6-7-8-9-10-11-12-13-14-15-16-17-18-31(48(2,3)4)33-32(23-30(43)36(46)37(33)47)51-38(49-24-19-26(39)34(44)27(40)20-24)50-25-21-28(41)35(45)29(42)22-25/h19-23,31H,5-18H2,1-4H3/q+1. The van der Waals surface area contributed by atoms with Crippen LogP contribution >= 0.6 is 0 Å². The van der Waals surface area contributed by atoms with Crippen molar-refractivity contribution in [3.63, 3.8) is 0 Å². The predicted octanol–water partition coefficient (Wildman–Crippen LogP) is 11.7. The van der Waals surface area contributed by atoms with Gasteiger partial charge >= 0.3 is 7.32 Å². The molecule has 0 fully saturated rings. The maximum atomic E-state index is 15.7. The van der Waals surface area contributed by atoms with Gasteiger partial charge in [-0.05, 0) is 6.42 Å². The number of nitrogens with zero attached hydrogens (tertiary/aromatic N) is 1. The second-order valence-corrected chi connectivity index (χ2v) is 13.6. The Morgan fingerprint density at radius 3 is 1.25 bits per heavy atom. The summed E-state index contributed by atoms with van der Waals surface area (Å²) < 4.78 is 145. The molecule has 14 heteroatoms. The van der Waals surface area contributed by atoms with Crippen molar-refractivity contribution in [2.24, 2.45) is 0 Å². The first-order valence-corrected chi connectivity index (χ1v) is 17.4. The summed E-state index contributed by atoms with van der Waals surface area (Å²) in [6.07, 6.45) is 14.6. The number of quaternary nitrogens is 1. The molecule has 1 unspecified atom stereocenters. The lowest BCUT2D eigenvalue weighted by Gasteiger charge is -2.36. The molecule has 0 saturated carbocycles. The van der Waals surface area contributed by atoms with E-state index in [1.165, 1.54) is 44.9 Å². The van der Waals surface area contributed by atoms with Crippen molar-refractivity contribution in [1.29, 1.82) is 0 Å². The van der Waals surface area contributed by atoms with Crippen LogP contribution in [0.1, 0.15) is 108 Å². The third-order valence-electron chi connectivity index (χ3n) is 8.61. The van der Waals surface area contributed by atoms with Gasteiger partial charge in [0.25, 0.3) is 0 Å². The van der Waals surface area contributed by atoms with Crippen molar-refractivity contribution in [2.45, 2.75) is 103 Å². The minimum atomic E-state index is -2.33. The molecular formula is C37H46BF9NO3+. The van der Waals surface area contributed by atoms with E-state index in [1.54, 1.807) is 21.1 Å². The van der Waals surface area contributed by atoms with Gasteiger partial charge in [0.2, 0.25) is 0 Å². The summed E-state index contributed by atoms with van der Waals surface area (Å²) >= 11 is 0. The average Bonchev–Trinajstić information content (AvgIpc) is 3.05. The highest BCUT2D eigenvalue weighted by molar-refractivity contribution is 6.39. The van der Waals surface area contributed by atoms with Crippen molar-refractivity contribution in [3.05, 3.63) is 88.3 Å². The lowest BCUT2D eigenvalue weighted by molar-refractivity contribution is -0.902. The third kappa shape index (κ3) is 12.6. The average molecular weight is 735 g/mol. The Kier molecular flexibility index (Phi) is 16.3. The Labute approximate surface area is 294 Å². The Hall–Kier alpha value is -3.55. The van der Waals surface area contributed by atoms with Gasteiger partial charge in [0.15, 0.2) is 52.4 Å². The van der Waals surface area contributed by atoms with Gasteiger partial charge in [-0.1, -0.05) is 84.0 Å². The van der Waals surface area contributed by atoms with Crippen LogP contribution in [0.2, 0.25) is 0 Å². The van der Waals surface area contributed by atoms with E-state index in [0.29, 0.717) is 43.2 Å². The predicted molar refractivity (Wildman–Crippen MR) is 178 cm³/mol. The highest BCUT2D eigenvalue weighted by Gasteiger charge is 2.39. The second kappa shape index (κ2) is 19.9. The minimum Gasteiger partial charge on any atom is -0.489 e. The van der Waals surface area contributed by atoms with E-state index in [0.717, 1.165) is 32.1 Å². The zero-order valence-electron chi connectivity index (χ0n) is 29.5. The largest absolute Gasteiger partial charge is 0.864 e. The van der Waals surface area contributed by atoms with E-state index < -0.39 is 88.5 Å². The maximum absolute atomic E-state index is 15.7. The molecule has 3 aromatic carbocycles. The van der Waals surface area contributed by atoms with Crippen LogP contribution in [0.5, 0.6) is 17.2 Å². The zero-order chi connectivity index (χ0) is 37.7. The first-order chi connectivity index (χ1) is 24.1. The molecule has 3 aromatic rings. The van der Waals surface area contributed by atoms with Gasteiger partial charge in [-0.3, -0.25) is 0 Å². The second-order valence-electron chi connectivity index (χ2n) is 13.6. The van der Waals surface area contributed by atoms with E-state index in [9.17, 15) is 35.1 Å². The molecule has 3 rings (SSSR count). The van der Waals surface area contributed by atoms with Gasteiger partial charge in [-0.25, -0.2) is 39.5 Å². The van der Waals surface area contributed by atoms with Crippen LogP contribution < -0.4 is 14.0 Å². The van der Waals surface area contributed by atoms with Crippen molar-refractivity contribution in [2.75, 3.05) is 21.1 Å². The van der Waals surface area contributed by atoms with Crippen molar-refractivity contribution in [1.82, 2.24) is 0 Å². The molecular weight excluding hydrogens is 688 g/mol. The summed E-state index contributed by atoms with van der Waals surface area (Å²) in [4.78, 5) is 0. The molecule has 0 aliphatic rings. The molecule has 0 aromatic heterocycles. The van der Waals surface area contributed by atoms with Gasteiger partial charge in [0.1, 0.15) is 23.3 Å². The number of benzene rings is 3. The topological polar surface area (TPSA) is 27.7 Å². The number of rotatable bonds is 22. The van der Waals surface area contributed by atoms with Crippen LogP contribution in [-0.4, -0.2) is 32.9 Å². The van der Waals surface area contributed by atoms with Crippen LogP contribution in [0, 0.1) is 52.4 Å². The molecule has 0 saturated heterocycles. The molecule has 4 nitrogen and oxygen atoms in total. The molecule has 282 valence electrons. The number of hydrogen-bond acceptors (Lipinski definition) is 3. The lowest BCUT2D eigenvalue weighted by atomic mass is 9.95. The molecule has 0 N–H and O–H groups in total. The molecule has 0 heterocycles. The molecule has 51 heavy (non-hydrogen) atoms. The van der Waals surface area contributed by atoms with Crippen LogP contribution in [-0.2, 0) is 0 Å². The zero-order valence-corrected chi connectivity index (χ0v) is 29.5.